The zero-order valence-electron chi connectivity index (χ0n) is 13.9. The average Bonchev–Trinajstić information content (AvgIpc) is 2.56. The topological polar surface area (TPSA) is 105 Å². The second kappa shape index (κ2) is 7.93. The Morgan fingerprint density at radius 2 is 1.92 bits per heavy atom. The molecule has 1 aliphatic heterocycles. The Kier molecular flexibility index (Phi) is 5.92. The lowest BCUT2D eigenvalue weighted by Gasteiger charge is -2.22. The molecule has 1 N–H and O–H groups in total. The number of ether oxygens (including phenoxy) is 1. The summed E-state index contributed by atoms with van der Waals surface area (Å²) in [5, 5.41) is 2.63. The molecule has 0 fully saturated rings. The molecule has 8 nitrogen and oxygen atoms in total. The minimum Gasteiger partial charge on any atom is -0.462 e. The van der Waals surface area contributed by atoms with Crippen molar-refractivity contribution in [3.05, 3.63) is 47.7 Å². The maximum atomic E-state index is 12.1. The molecule has 1 aromatic rings. The first-order chi connectivity index (χ1) is 11.8. The van der Waals surface area contributed by atoms with E-state index in [1.807, 2.05) is 30.3 Å². The fourth-order valence-corrected chi connectivity index (χ4v) is 3.18. The molecular weight excluding hydrogens is 346 g/mol. The lowest BCUT2D eigenvalue weighted by Crippen LogP contribution is -2.39. The summed E-state index contributed by atoms with van der Waals surface area (Å²) in [6, 6.07) is 9.20. The number of amides is 1. The maximum absolute atomic E-state index is 12.1. The van der Waals surface area contributed by atoms with E-state index in [1.54, 1.807) is 6.92 Å². The average molecular weight is 365 g/mol. The van der Waals surface area contributed by atoms with Crippen LogP contribution in [0.5, 0.6) is 0 Å². The summed E-state index contributed by atoms with van der Waals surface area (Å²) in [5.41, 5.74) is 0.917. The highest BCUT2D eigenvalue weighted by molar-refractivity contribution is 7.88. The van der Waals surface area contributed by atoms with Crippen molar-refractivity contribution in [2.45, 2.75) is 20.4 Å². The molecule has 0 spiro atoms. The molecule has 1 amide bonds. The van der Waals surface area contributed by atoms with Gasteiger partial charge in [0.1, 0.15) is 6.54 Å². The summed E-state index contributed by atoms with van der Waals surface area (Å²) in [6.45, 7) is 2.97. The van der Waals surface area contributed by atoms with E-state index in [2.05, 4.69) is 9.71 Å². The Hall–Kier alpha value is -2.68. The van der Waals surface area contributed by atoms with Gasteiger partial charge in [-0.25, -0.2) is 9.10 Å². The van der Waals surface area contributed by atoms with Crippen molar-refractivity contribution in [2.75, 3.05) is 13.2 Å². The highest BCUT2D eigenvalue weighted by Gasteiger charge is 2.30. The van der Waals surface area contributed by atoms with Gasteiger partial charge in [-0.1, -0.05) is 30.3 Å². The van der Waals surface area contributed by atoms with E-state index in [-0.39, 0.29) is 24.4 Å². The monoisotopic (exact) mass is 365 g/mol. The Bertz CT molecular complexity index is 815. The first kappa shape index (κ1) is 18.7. The van der Waals surface area contributed by atoms with Gasteiger partial charge >= 0.3 is 16.2 Å². The van der Waals surface area contributed by atoms with Crippen molar-refractivity contribution >= 4 is 27.8 Å². The third-order valence-corrected chi connectivity index (χ3v) is 4.67. The minimum absolute atomic E-state index is 0.00698. The molecule has 1 heterocycles. The van der Waals surface area contributed by atoms with Gasteiger partial charge in [0.05, 0.1) is 17.9 Å². The number of nitrogens with zero attached hydrogens (tertiary/aromatic N) is 2. The lowest BCUT2D eigenvalue weighted by atomic mass is 10.2. The van der Waals surface area contributed by atoms with E-state index in [0.29, 0.717) is 0 Å². The lowest BCUT2D eigenvalue weighted by molar-refractivity contribution is -0.138. The number of esters is 1. The van der Waals surface area contributed by atoms with Crippen molar-refractivity contribution in [2.24, 2.45) is 4.40 Å². The molecule has 0 saturated carbocycles. The third-order valence-electron chi connectivity index (χ3n) is 3.34. The van der Waals surface area contributed by atoms with E-state index >= 15 is 0 Å². The first-order valence-corrected chi connectivity index (χ1v) is 9.01. The first-order valence-electron chi connectivity index (χ1n) is 7.61. The van der Waals surface area contributed by atoms with Gasteiger partial charge in [-0.15, -0.1) is 4.40 Å². The molecule has 1 aliphatic rings. The van der Waals surface area contributed by atoms with Gasteiger partial charge in [0.15, 0.2) is 0 Å². The third kappa shape index (κ3) is 4.90. The van der Waals surface area contributed by atoms with E-state index < -0.39 is 28.6 Å². The molecule has 0 unspecified atom stereocenters. The van der Waals surface area contributed by atoms with Crippen molar-refractivity contribution in [1.29, 1.82) is 0 Å². The standard InChI is InChI=1S/C16H19N3O5S/c1-3-24-16(21)14-10-19(25(22,23)18-12(14)2)11-15(20)17-9-13-7-5-4-6-8-13/h4-8,10H,3,9,11H2,1-2H3,(H,17,20). The molecule has 0 radical (unpaired) electrons. The summed E-state index contributed by atoms with van der Waals surface area (Å²) >= 11 is 0. The van der Waals surface area contributed by atoms with Gasteiger partial charge in [0, 0.05) is 12.7 Å². The predicted octanol–water partition coefficient (Wildman–Crippen LogP) is 0.771. The number of carbonyl (C=O) groups is 2. The van der Waals surface area contributed by atoms with Crippen LogP contribution in [0, 0.1) is 0 Å². The molecular formula is C16H19N3O5S. The predicted molar refractivity (Wildman–Crippen MR) is 91.7 cm³/mol. The van der Waals surface area contributed by atoms with Crippen LogP contribution >= 0.6 is 0 Å². The maximum Gasteiger partial charge on any atom is 0.344 e. The van der Waals surface area contributed by atoms with Gasteiger partial charge < -0.3 is 10.1 Å². The van der Waals surface area contributed by atoms with Crippen LogP contribution in [0.4, 0.5) is 0 Å². The zero-order chi connectivity index (χ0) is 18.4. The van der Waals surface area contributed by atoms with E-state index in [9.17, 15) is 18.0 Å². The van der Waals surface area contributed by atoms with E-state index in [1.165, 1.54) is 6.92 Å². The van der Waals surface area contributed by atoms with E-state index in [0.717, 1.165) is 16.1 Å². The normalized spacial score (nSPS) is 15.8. The molecule has 9 heteroatoms. The highest BCUT2D eigenvalue weighted by atomic mass is 32.2. The molecule has 0 saturated heterocycles. The Balaban J connectivity index is 2.08. The van der Waals surface area contributed by atoms with Crippen molar-refractivity contribution in [3.8, 4) is 0 Å². The Labute approximate surface area is 146 Å². The van der Waals surface area contributed by atoms with Crippen molar-refractivity contribution in [1.82, 2.24) is 9.62 Å². The van der Waals surface area contributed by atoms with Crippen LogP contribution in [0.3, 0.4) is 0 Å². The summed E-state index contributed by atoms with van der Waals surface area (Å²) < 4.78 is 33.3. The number of rotatable bonds is 6. The summed E-state index contributed by atoms with van der Waals surface area (Å²) in [6.07, 6.45) is 1.08. The summed E-state index contributed by atoms with van der Waals surface area (Å²) in [5.74, 6) is -1.20. The van der Waals surface area contributed by atoms with Gasteiger partial charge in [0.25, 0.3) is 0 Å². The van der Waals surface area contributed by atoms with Crippen LogP contribution in [0.1, 0.15) is 19.4 Å². The SMILES string of the molecule is CCOC(=O)C1=CN(CC(=O)NCc2ccccc2)S(=O)(=O)N=C1C. The highest BCUT2D eigenvalue weighted by Crippen LogP contribution is 2.17. The van der Waals surface area contributed by atoms with Crippen LogP contribution in [0.25, 0.3) is 0 Å². The van der Waals surface area contributed by atoms with Crippen LogP contribution in [0.2, 0.25) is 0 Å². The molecule has 0 bridgehead atoms. The number of benzene rings is 1. The van der Waals surface area contributed by atoms with Crippen LogP contribution in [0.15, 0.2) is 46.5 Å². The minimum atomic E-state index is -4.06. The molecule has 134 valence electrons. The number of hydrogen-bond donors (Lipinski definition) is 1. The molecule has 0 aliphatic carbocycles. The summed E-state index contributed by atoms with van der Waals surface area (Å²) in [4.78, 5) is 23.9. The van der Waals surface area contributed by atoms with Crippen molar-refractivity contribution < 1.29 is 22.7 Å². The fourth-order valence-electron chi connectivity index (χ4n) is 2.11. The van der Waals surface area contributed by atoms with Gasteiger partial charge in [-0.2, -0.15) is 8.42 Å². The van der Waals surface area contributed by atoms with Crippen LogP contribution < -0.4 is 5.32 Å². The summed E-state index contributed by atoms with van der Waals surface area (Å²) in [7, 11) is -4.06. The largest absolute Gasteiger partial charge is 0.462 e. The zero-order valence-corrected chi connectivity index (χ0v) is 14.7. The van der Waals surface area contributed by atoms with Crippen molar-refractivity contribution in [3.63, 3.8) is 0 Å². The smallest absolute Gasteiger partial charge is 0.344 e. The Morgan fingerprint density at radius 1 is 1.24 bits per heavy atom. The van der Waals surface area contributed by atoms with Gasteiger partial charge in [0.2, 0.25) is 5.91 Å². The molecule has 1 aromatic carbocycles. The fraction of sp³-hybridized carbons (Fsp3) is 0.312. The molecule has 0 atom stereocenters. The molecule has 0 aromatic heterocycles. The molecule has 2 rings (SSSR count). The van der Waals surface area contributed by atoms with Gasteiger partial charge in [-0.3, -0.25) is 4.79 Å². The quantitative estimate of drug-likeness (QED) is 0.750. The molecule has 25 heavy (non-hydrogen) atoms. The van der Waals surface area contributed by atoms with Gasteiger partial charge in [-0.05, 0) is 19.4 Å². The number of nitrogens with one attached hydrogen (secondary N) is 1. The number of hydrogen-bond acceptors (Lipinski definition) is 5. The van der Waals surface area contributed by atoms with Crippen LogP contribution in [-0.4, -0.2) is 43.5 Å². The Morgan fingerprint density at radius 3 is 2.56 bits per heavy atom. The second-order valence-electron chi connectivity index (χ2n) is 5.23. The number of carbonyl (C=O) groups excluding carboxylic acids is 2. The van der Waals surface area contributed by atoms with Crippen LogP contribution in [-0.2, 0) is 31.1 Å². The van der Waals surface area contributed by atoms with E-state index in [4.69, 9.17) is 4.74 Å². The second-order valence-corrected chi connectivity index (χ2v) is 6.77.